The first-order chi connectivity index (χ1) is 7.60. The molecule has 0 aliphatic heterocycles. The van der Waals surface area contributed by atoms with Crippen molar-refractivity contribution in [1.29, 1.82) is 0 Å². The van der Waals surface area contributed by atoms with Crippen LogP contribution in [0.1, 0.15) is 46.0 Å². The number of rotatable bonds is 8. The molecule has 1 atom stereocenters. The molecule has 0 aromatic heterocycles. The summed E-state index contributed by atoms with van der Waals surface area (Å²) in [5.74, 6) is -0.370. The van der Waals surface area contributed by atoms with Crippen molar-refractivity contribution in [3.8, 4) is 0 Å². The summed E-state index contributed by atoms with van der Waals surface area (Å²) in [6.07, 6.45) is 5.49. The first-order valence-electron chi connectivity index (χ1n) is 5.92. The van der Waals surface area contributed by atoms with Crippen molar-refractivity contribution in [2.24, 2.45) is 5.73 Å². The van der Waals surface area contributed by atoms with E-state index >= 15 is 0 Å². The van der Waals surface area contributed by atoms with E-state index in [1.54, 1.807) is 0 Å². The zero-order chi connectivity index (χ0) is 12.4. The first kappa shape index (κ1) is 14.9. The molecular formula is C11H23N3O2. The first-order valence-corrected chi connectivity index (χ1v) is 5.92. The Kier molecular flexibility index (Phi) is 8.52. The van der Waals surface area contributed by atoms with Crippen molar-refractivity contribution in [2.45, 2.75) is 52.0 Å². The molecule has 0 aliphatic carbocycles. The molecule has 5 nitrogen and oxygen atoms in total. The third-order valence-electron chi connectivity index (χ3n) is 2.36. The number of unbranched alkanes of at least 4 members (excludes halogenated alkanes) is 1. The summed E-state index contributed by atoms with van der Waals surface area (Å²) in [4.78, 5) is 21.6. The van der Waals surface area contributed by atoms with Gasteiger partial charge in [0.2, 0.25) is 5.91 Å². The van der Waals surface area contributed by atoms with Crippen molar-refractivity contribution in [3.05, 3.63) is 0 Å². The van der Waals surface area contributed by atoms with Gasteiger partial charge in [-0.25, -0.2) is 4.79 Å². The summed E-state index contributed by atoms with van der Waals surface area (Å²) in [5, 5.41) is 5.17. The number of nitrogens with one attached hydrogen (secondary N) is 2. The van der Waals surface area contributed by atoms with Gasteiger partial charge >= 0.3 is 6.03 Å². The average Bonchev–Trinajstić information content (AvgIpc) is 2.21. The highest BCUT2D eigenvalue weighted by Crippen LogP contribution is 2.06. The van der Waals surface area contributed by atoms with Crippen LogP contribution in [0.25, 0.3) is 0 Å². The second-order valence-electron chi connectivity index (χ2n) is 3.92. The molecule has 3 amide bonds. The van der Waals surface area contributed by atoms with Gasteiger partial charge in [-0.15, -0.1) is 0 Å². The molecule has 0 rings (SSSR count). The lowest BCUT2D eigenvalue weighted by Gasteiger charge is -2.17. The standard InChI is InChI=1S/C11H23N3O2/c1-3-5-7-9(6-4-2)13-8-10(15)14-11(12)16/h9,13H,3-8H2,1-2H3,(H3,12,14,15,16). The van der Waals surface area contributed by atoms with Crippen LogP contribution in [0.15, 0.2) is 0 Å². The van der Waals surface area contributed by atoms with Crippen LogP contribution in [0.5, 0.6) is 0 Å². The number of nitrogens with two attached hydrogens (primary N) is 1. The van der Waals surface area contributed by atoms with Crippen LogP contribution in [0.4, 0.5) is 4.79 Å². The van der Waals surface area contributed by atoms with E-state index in [9.17, 15) is 9.59 Å². The van der Waals surface area contributed by atoms with E-state index in [1.165, 1.54) is 0 Å². The summed E-state index contributed by atoms with van der Waals surface area (Å²) in [6, 6.07) is -0.448. The molecule has 5 heteroatoms. The molecule has 16 heavy (non-hydrogen) atoms. The molecule has 4 N–H and O–H groups in total. The number of hydrogen-bond donors (Lipinski definition) is 3. The fourth-order valence-corrected chi connectivity index (χ4v) is 1.57. The van der Waals surface area contributed by atoms with E-state index in [2.05, 4.69) is 19.2 Å². The fraction of sp³-hybridized carbons (Fsp3) is 0.818. The zero-order valence-corrected chi connectivity index (χ0v) is 10.2. The van der Waals surface area contributed by atoms with Crippen molar-refractivity contribution in [1.82, 2.24) is 10.6 Å². The van der Waals surface area contributed by atoms with Gasteiger partial charge in [-0.05, 0) is 12.8 Å². The fourth-order valence-electron chi connectivity index (χ4n) is 1.57. The van der Waals surface area contributed by atoms with Gasteiger partial charge < -0.3 is 11.1 Å². The van der Waals surface area contributed by atoms with Gasteiger partial charge in [-0.2, -0.15) is 0 Å². The number of imide groups is 1. The summed E-state index contributed by atoms with van der Waals surface area (Å²) < 4.78 is 0. The molecule has 1 unspecified atom stereocenters. The maximum Gasteiger partial charge on any atom is 0.318 e. The SMILES string of the molecule is CCCCC(CCC)NCC(=O)NC(N)=O. The number of carbonyl (C=O) groups excluding carboxylic acids is 2. The largest absolute Gasteiger partial charge is 0.351 e. The lowest BCUT2D eigenvalue weighted by atomic mass is 10.1. The van der Waals surface area contributed by atoms with E-state index in [4.69, 9.17) is 5.73 Å². The van der Waals surface area contributed by atoms with E-state index in [-0.39, 0.29) is 12.5 Å². The quantitative estimate of drug-likeness (QED) is 0.583. The van der Waals surface area contributed by atoms with Crippen LogP contribution >= 0.6 is 0 Å². The Morgan fingerprint density at radius 3 is 2.38 bits per heavy atom. The highest BCUT2D eigenvalue weighted by atomic mass is 16.2. The Morgan fingerprint density at radius 2 is 1.88 bits per heavy atom. The number of primary amides is 1. The van der Waals surface area contributed by atoms with Crippen molar-refractivity contribution in [2.75, 3.05) is 6.54 Å². The Bertz CT molecular complexity index is 219. The minimum Gasteiger partial charge on any atom is -0.351 e. The molecule has 0 aliphatic rings. The van der Waals surface area contributed by atoms with Crippen LogP contribution in [0.2, 0.25) is 0 Å². The van der Waals surface area contributed by atoms with E-state index in [1.807, 2.05) is 5.32 Å². The summed E-state index contributed by atoms with van der Waals surface area (Å²) in [6.45, 7) is 4.41. The van der Waals surface area contributed by atoms with E-state index < -0.39 is 6.03 Å². The smallest absolute Gasteiger partial charge is 0.318 e. The van der Waals surface area contributed by atoms with Gasteiger partial charge in [-0.1, -0.05) is 33.1 Å². The highest BCUT2D eigenvalue weighted by molar-refractivity contribution is 5.94. The van der Waals surface area contributed by atoms with Gasteiger partial charge in [0.25, 0.3) is 0 Å². The van der Waals surface area contributed by atoms with Gasteiger partial charge in [0.15, 0.2) is 0 Å². The van der Waals surface area contributed by atoms with Crippen LogP contribution < -0.4 is 16.4 Å². The normalized spacial score (nSPS) is 12.1. The third-order valence-corrected chi connectivity index (χ3v) is 2.36. The summed E-state index contributed by atoms with van der Waals surface area (Å²) in [5.41, 5.74) is 4.84. The van der Waals surface area contributed by atoms with Crippen LogP contribution in [-0.4, -0.2) is 24.5 Å². The Hall–Kier alpha value is -1.10. The molecule has 0 aromatic rings. The number of hydrogen-bond acceptors (Lipinski definition) is 3. The molecule has 0 aromatic carbocycles. The van der Waals surface area contributed by atoms with E-state index in [0.29, 0.717) is 6.04 Å². The molecular weight excluding hydrogens is 206 g/mol. The number of carbonyl (C=O) groups is 2. The molecule has 0 fully saturated rings. The highest BCUT2D eigenvalue weighted by Gasteiger charge is 2.09. The second-order valence-corrected chi connectivity index (χ2v) is 3.92. The van der Waals surface area contributed by atoms with Crippen LogP contribution in [0.3, 0.4) is 0 Å². The summed E-state index contributed by atoms with van der Waals surface area (Å²) >= 11 is 0. The molecule has 94 valence electrons. The predicted molar refractivity (Wildman–Crippen MR) is 63.9 cm³/mol. The molecule has 0 heterocycles. The molecule has 0 bridgehead atoms. The lowest BCUT2D eigenvalue weighted by Crippen LogP contribution is -2.43. The van der Waals surface area contributed by atoms with Gasteiger partial charge in [0.1, 0.15) is 0 Å². The average molecular weight is 229 g/mol. The zero-order valence-electron chi connectivity index (χ0n) is 10.2. The topological polar surface area (TPSA) is 84.2 Å². The van der Waals surface area contributed by atoms with E-state index in [0.717, 1.165) is 32.1 Å². The molecule has 0 spiro atoms. The molecule has 0 saturated heterocycles. The summed E-state index contributed by atoms with van der Waals surface area (Å²) in [7, 11) is 0. The molecule has 0 radical (unpaired) electrons. The lowest BCUT2D eigenvalue weighted by molar-refractivity contribution is -0.119. The van der Waals surface area contributed by atoms with Crippen LogP contribution in [0, 0.1) is 0 Å². The maximum atomic E-state index is 11.2. The minimum absolute atomic E-state index is 0.150. The van der Waals surface area contributed by atoms with Crippen molar-refractivity contribution in [3.63, 3.8) is 0 Å². The van der Waals surface area contributed by atoms with Crippen molar-refractivity contribution >= 4 is 11.9 Å². The van der Waals surface area contributed by atoms with Crippen molar-refractivity contribution < 1.29 is 9.59 Å². The van der Waals surface area contributed by atoms with Crippen LogP contribution in [-0.2, 0) is 4.79 Å². The number of amides is 3. The number of urea groups is 1. The Labute approximate surface area is 97.2 Å². The Balaban J connectivity index is 3.81. The van der Waals surface area contributed by atoms with Gasteiger partial charge in [-0.3, -0.25) is 10.1 Å². The maximum absolute atomic E-state index is 11.2. The van der Waals surface area contributed by atoms with Gasteiger partial charge in [0.05, 0.1) is 6.54 Å². The Morgan fingerprint density at radius 1 is 1.19 bits per heavy atom. The molecule has 0 saturated carbocycles. The minimum atomic E-state index is -0.799. The second kappa shape index (κ2) is 9.15. The van der Waals surface area contributed by atoms with Gasteiger partial charge in [0, 0.05) is 6.04 Å². The predicted octanol–water partition coefficient (Wildman–Crippen LogP) is 1.13. The monoisotopic (exact) mass is 229 g/mol. The third kappa shape index (κ3) is 8.23.